The maximum Gasteiger partial charge on any atom is 0.233 e. The van der Waals surface area contributed by atoms with E-state index >= 15 is 0 Å². The monoisotopic (exact) mass is 396 g/mol. The third kappa shape index (κ3) is 3.44. The molecule has 3 rings (SSSR count). The summed E-state index contributed by atoms with van der Waals surface area (Å²) in [5, 5.41) is 2.94. The second-order valence-corrected chi connectivity index (χ2v) is 10.0. The number of hydrogen-bond donors (Lipinski definition) is 0. The summed E-state index contributed by atoms with van der Waals surface area (Å²) >= 11 is 1.07. The molecule has 0 N–H and O–H groups in total. The molecule has 1 unspecified atom stereocenters. The standard InChI is InChI=1S/C17H20N2O5S2/c1-11(19-20)12-5-7-13(8-6-12)26(21,22)15-18-9-14(25-15)17(4)10-23-16(2,3)24-17/h5-9,11H,10H2,1-4H3/t11?,17-/m1/s1. The van der Waals surface area contributed by atoms with Crippen molar-refractivity contribution >= 4 is 21.2 Å². The molecule has 9 heteroatoms. The van der Waals surface area contributed by atoms with Gasteiger partial charge in [0.05, 0.1) is 16.4 Å². The molecule has 7 nitrogen and oxygen atoms in total. The highest BCUT2D eigenvalue weighted by molar-refractivity contribution is 7.93. The number of hydrogen-bond acceptors (Lipinski definition) is 8. The molecule has 1 fully saturated rings. The molecular weight excluding hydrogens is 376 g/mol. The minimum atomic E-state index is -3.75. The highest BCUT2D eigenvalue weighted by atomic mass is 32.2. The molecule has 2 atom stereocenters. The summed E-state index contributed by atoms with van der Waals surface area (Å²) in [6.07, 6.45) is 1.52. The number of nitrogens with zero attached hydrogens (tertiary/aromatic N) is 2. The second kappa shape index (κ2) is 6.49. The van der Waals surface area contributed by atoms with Crippen LogP contribution >= 0.6 is 11.3 Å². The van der Waals surface area contributed by atoms with Gasteiger partial charge in [0.15, 0.2) is 5.79 Å². The maximum atomic E-state index is 12.8. The number of benzene rings is 1. The molecule has 0 saturated carbocycles. The van der Waals surface area contributed by atoms with Crippen LogP contribution in [0.5, 0.6) is 0 Å². The molecule has 0 amide bonds. The summed E-state index contributed by atoms with van der Waals surface area (Å²) in [6.45, 7) is 7.46. The van der Waals surface area contributed by atoms with Gasteiger partial charge in [-0.3, -0.25) is 0 Å². The van der Waals surface area contributed by atoms with E-state index in [1.807, 2.05) is 20.8 Å². The summed E-state index contributed by atoms with van der Waals surface area (Å²) in [7, 11) is -3.75. The van der Waals surface area contributed by atoms with Gasteiger partial charge in [0.1, 0.15) is 11.6 Å². The van der Waals surface area contributed by atoms with Gasteiger partial charge in [-0.05, 0) is 45.4 Å². The van der Waals surface area contributed by atoms with Crippen LogP contribution in [0.3, 0.4) is 0 Å². The molecule has 1 aromatic heterocycles. The van der Waals surface area contributed by atoms with Crippen molar-refractivity contribution in [1.82, 2.24) is 4.98 Å². The van der Waals surface area contributed by atoms with E-state index in [1.165, 1.54) is 18.3 Å². The summed E-state index contributed by atoms with van der Waals surface area (Å²) in [5.74, 6) is -0.725. The highest BCUT2D eigenvalue weighted by Crippen LogP contribution is 2.41. The fourth-order valence-electron chi connectivity index (χ4n) is 2.75. The lowest BCUT2D eigenvalue weighted by molar-refractivity contribution is -0.158. The zero-order chi connectivity index (χ0) is 19.2. The van der Waals surface area contributed by atoms with Gasteiger partial charge in [-0.2, -0.15) is 4.91 Å². The van der Waals surface area contributed by atoms with Gasteiger partial charge in [-0.15, -0.1) is 11.3 Å². The second-order valence-electron chi connectivity index (χ2n) is 6.87. The molecule has 0 bridgehead atoms. The predicted octanol–water partition coefficient (Wildman–Crippen LogP) is 3.80. The number of aromatic nitrogens is 1. The van der Waals surface area contributed by atoms with Crippen LogP contribution in [0.25, 0.3) is 0 Å². The van der Waals surface area contributed by atoms with Crippen LogP contribution in [-0.2, 0) is 24.9 Å². The molecule has 0 aliphatic carbocycles. The van der Waals surface area contributed by atoms with Crippen LogP contribution in [0.2, 0.25) is 0 Å². The summed E-state index contributed by atoms with van der Waals surface area (Å²) < 4.78 is 37.2. The first kappa shape index (κ1) is 19.1. The summed E-state index contributed by atoms with van der Waals surface area (Å²) in [4.78, 5) is 15.5. The molecule has 2 heterocycles. The first-order chi connectivity index (χ1) is 12.1. The van der Waals surface area contributed by atoms with Gasteiger partial charge >= 0.3 is 0 Å². The van der Waals surface area contributed by atoms with E-state index in [4.69, 9.17) is 9.47 Å². The van der Waals surface area contributed by atoms with Crippen LogP contribution in [-0.4, -0.2) is 25.8 Å². The van der Waals surface area contributed by atoms with Crippen LogP contribution in [0.4, 0.5) is 0 Å². The Bertz CT molecular complexity index is 921. The molecule has 1 aliphatic rings. The summed E-state index contributed by atoms with van der Waals surface area (Å²) in [6, 6.07) is 5.58. The van der Waals surface area contributed by atoms with E-state index in [1.54, 1.807) is 19.1 Å². The third-order valence-electron chi connectivity index (χ3n) is 4.23. The lowest BCUT2D eigenvalue weighted by Gasteiger charge is -2.23. The Hall–Kier alpha value is -1.68. The smallest absolute Gasteiger partial charge is 0.233 e. The Morgan fingerprint density at radius 2 is 1.88 bits per heavy atom. The molecule has 140 valence electrons. The Morgan fingerprint density at radius 3 is 2.42 bits per heavy atom. The van der Waals surface area contributed by atoms with Crippen molar-refractivity contribution in [2.75, 3.05) is 6.61 Å². The van der Waals surface area contributed by atoms with Crippen LogP contribution in [0, 0.1) is 4.91 Å². The Kier molecular flexibility index (Phi) is 4.76. The minimum Gasteiger partial charge on any atom is -0.347 e. The molecule has 0 radical (unpaired) electrons. The molecule has 2 aromatic rings. The van der Waals surface area contributed by atoms with Gasteiger partial charge in [0.25, 0.3) is 0 Å². The molecule has 1 saturated heterocycles. The fourth-order valence-corrected chi connectivity index (χ4v) is 5.35. The van der Waals surface area contributed by atoms with Crippen molar-refractivity contribution in [2.45, 2.75) is 54.4 Å². The van der Waals surface area contributed by atoms with Crippen molar-refractivity contribution < 1.29 is 17.9 Å². The topological polar surface area (TPSA) is 94.9 Å². The third-order valence-corrected chi connectivity index (χ3v) is 7.64. The highest BCUT2D eigenvalue weighted by Gasteiger charge is 2.45. The number of ether oxygens (including phenoxy) is 2. The summed E-state index contributed by atoms with van der Waals surface area (Å²) in [5.41, 5.74) is -0.0749. The van der Waals surface area contributed by atoms with Crippen molar-refractivity contribution in [3.8, 4) is 0 Å². The van der Waals surface area contributed by atoms with E-state index in [2.05, 4.69) is 10.2 Å². The fraction of sp³-hybridized carbons (Fsp3) is 0.471. The minimum absolute atomic E-state index is 0.00339. The average molecular weight is 396 g/mol. The first-order valence-electron chi connectivity index (χ1n) is 8.05. The molecule has 1 aromatic carbocycles. The zero-order valence-electron chi connectivity index (χ0n) is 14.9. The van der Waals surface area contributed by atoms with Gasteiger partial charge < -0.3 is 9.47 Å². The lowest BCUT2D eigenvalue weighted by Crippen LogP contribution is -2.27. The normalized spacial score (nSPS) is 23.7. The van der Waals surface area contributed by atoms with E-state index in [-0.39, 0.29) is 9.24 Å². The van der Waals surface area contributed by atoms with Crippen molar-refractivity contribution in [3.05, 3.63) is 45.8 Å². The van der Waals surface area contributed by atoms with E-state index in [9.17, 15) is 13.3 Å². The van der Waals surface area contributed by atoms with E-state index in [0.717, 1.165) is 11.3 Å². The number of thiazole rings is 1. The quantitative estimate of drug-likeness (QED) is 0.714. The Balaban J connectivity index is 1.90. The van der Waals surface area contributed by atoms with Gasteiger partial charge in [0.2, 0.25) is 14.2 Å². The zero-order valence-corrected chi connectivity index (χ0v) is 16.6. The van der Waals surface area contributed by atoms with Gasteiger partial charge in [-0.25, -0.2) is 13.4 Å². The first-order valence-corrected chi connectivity index (χ1v) is 10.4. The maximum absolute atomic E-state index is 12.8. The van der Waals surface area contributed by atoms with Crippen molar-refractivity contribution in [2.24, 2.45) is 5.18 Å². The van der Waals surface area contributed by atoms with Gasteiger partial charge in [0, 0.05) is 6.20 Å². The van der Waals surface area contributed by atoms with Crippen LogP contribution in [0.15, 0.2) is 44.9 Å². The Labute approximate surface area is 156 Å². The number of sulfone groups is 1. The molecule has 1 aliphatic heterocycles. The van der Waals surface area contributed by atoms with Crippen LogP contribution < -0.4 is 0 Å². The number of nitroso groups, excluding NO2 is 1. The van der Waals surface area contributed by atoms with E-state index in [0.29, 0.717) is 17.0 Å². The molecule has 0 spiro atoms. The lowest BCUT2D eigenvalue weighted by atomic mass is 10.1. The van der Waals surface area contributed by atoms with E-state index < -0.39 is 27.3 Å². The average Bonchev–Trinajstić information content (AvgIpc) is 3.20. The van der Waals surface area contributed by atoms with Crippen molar-refractivity contribution in [1.29, 1.82) is 0 Å². The predicted molar refractivity (Wildman–Crippen MR) is 96.7 cm³/mol. The molecule has 26 heavy (non-hydrogen) atoms. The largest absolute Gasteiger partial charge is 0.347 e. The Morgan fingerprint density at radius 1 is 1.23 bits per heavy atom. The van der Waals surface area contributed by atoms with Crippen molar-refractivity contribution in [3.63, 3.8) is 0 Å². The SMILES string of the molecule is CC(N=O)c1ccc(S(=O)(=O)c2ncc([C@@]3(C)COC(C)(C)O3)s2)cc1. The van der Waals surface area contributed by atoms with Gasteiger partial charge in [-0.1, -0.05) is 17.3 Å². The van der Waals surface area contributed by atoms with Crippen LogP contribution in [0.1, 0.15) is 44.2 Å². The number of rotatable bonds is 5. The molecular formula is C17H20N2O5S2.